The van der Waals surface area contributed by atoms with Gasteiger partial charge in [-0.3, -0.25) is 4.79 Å². The average Bonchev–Trinajstić information content (AvgIpc) is 2.73. The summed E-state index contributed by atoms with van der Waals surface area (Å²) in [5.41, 5.74) is 2.07. The van der Waals surface area contributed by atoms with E-state index in [1.54, 1.807) is 0 Å². The highest BCUT2D eigenvalue weighted by atomic mass is 16.2. The van der Waals surface area contributed by atoms with Crippen molar-refractivity contribution in [2.75, 3.05) is 26.2 Å². The number of carbonyl (C=O) groups is 1. The zero-order valence-electron chi connectivity index (χ0n) is 19.8. The second-order valence-corrected chi connectivity index (χ2v) is 12.3. The number of hydrogen-bond acceptors (Lipinski definition) is 2. The molecule has 2 saturated heterocycles. The molecule has 3 heteroatoms. The number of likely N-dealkylation sites (tertiary alicyclic amines) is 1. The van der Waals surface area contributed by atoms with Crippen LogP contribution in [0.1, 0.15) is 78.1 Å². The lowest BCUT2D eigenvalue weighted by Gasteiger charge is -2.66. The molecular weight excluding hydrogens is 380 g/mol. The first-order valence-electron chi connectivity index (χ1n) is 12.8. The summed E-state index contributed by atoms with van der Waals surface area (Å²) in [6.45, 7) is 13.4. The van der Waals surface area contributed by atoms with E-state index in [9.17, 15) is 4.79 Å². The molecule has 31 heavy (non-hydrogen) atoms. The second-order valence-electron chi connectivity index (χ2n) is 12.3. The Balaban J connectivity index is 1.36. The molecule has 1 amide bonds. The fourth-order valence-corrected chi connectivity index (χ4v) is 8.95. The molecule has 4 bridgehead atoms. The molecule has 0 aromatic rings. The van der Waals surface area contributed by atoms with Crippen LogP contribution in [-0.2, 0) is 4.79 Å². The van der Waals surface area contributed by atoms with Gasteiger partial charge in [0.05, 0.1) is 5.41 Å². The molecule has 4 aliphatic carbocycles. The van der Waals surface area contributed by atoms with Gasteiger partial charge in [-0.2, -0.15) is 0 Å². The molecule has 1 spiro atoms. The Hall–Kier alpha value is -1.35. The molecule has 6 rings (SSSR count). The molecule has 0 aromatic heterocycles. The van der Waals surface area contributed by atoms with E-state index < -0.39 is 0 Å². The van der Waals surface area contributed by atoms with Gasteiger partial charge in [-0.1, -0.05) is 37.8 Å². The monoisotopic (exact) mass is 422 g/mol. The molecule has 1 N–H and O–H groups in total. The largest absolute Gasteiger partial charge is 0.342 e. The van der Waals surface area contributed by atoms with Crippen LogP contribution in [0, 0.1) is 27.6 Å². The average molecular weight is 423 g/mol. The van der Waals surface area contributed by atoms with E-state index in [1.165, 1.54) is 50.5 Å². The minimum absolute atomic E-state index is 0.133. The number of nitrogens with one attached hydrogen (secondary N) is 1. The summed E-state index contributed by atoms with van der Waals surface area (Å²) in [5, 5.41) is 3.52. The molecule has 6 aliphatic rings. The van der Waals surface area contributed by atoms with Gasteiger partial charge < -0.3 is 10.2 Å². The molecule has 170 valence electrons. The first kappa shape index (κ1) is 21.5. The second kappa shape index (κ2) is 7.61. The third-order valence-corrected chi connectivity index (χ3v) is 9.86. The summed E-state index contributed by atoms with van der Waals surface area (Å²) in [6.07, 6.45) is 20.6. The molecule has 4 saturated carbocycles. The maximum absolute atomic E-state index is 14.1. The molecule has 2 aliphatic heterocycles. The lowest BCUT2D eigenvalue weighted by atomic mass is 9.38. The van der Waals surface area contributed by atoms with Gasteiger partial charge in [-0.15, -0.1) is 0 Å². The van der Waals surface area contributed by atoms with E-state index in [0.717, 1.165) is 45.4 Å². The highest BCUT2D eigenvalue weighted by Crippen LogP contribution is 2.71. The number of carbonyl (C=O) groups excluding carboxylic acids is 1. The number of rotatable bonds is 4. The first-order chi connectivity index (χ1) is 14.8. The highest BCUT2D eigenvalue weighted by Gasteiger charge is 2.65. The van der Waals surface area contributed by atoms with E-state index in [4.69, 9.17) is 0 Å². The van der Waals surface area contributed by atoms with Crippen molar-refractivity contribution in [1.29, 1.82) is 0 Å². The third-order valence-electron chi connectivity index (χ3n) is 9.86. The van der Waals surface area contributed by atoms with E-state index in [0.29, 0.717) is 22.7 Å². The van der Waals surface area contributed by atoms with Gasteiger partial charge in [0.25, 0.3) is 0 Å². The Morgan fingerprint density at radius 1 is 0.968 bits per heavy atom. The first-order valence-corrected chi connectivity index (χ1v) is 12.8. The third kappa shape index (κ3) is 3.65. The van der Waals surface area contributed by atoms with Crippen molar-refractivity contribution < 1.29 is 4.79 Å². The van der Waals surface area contributed by atoms with Crippen LogP contribution in [0.3, 0.4) is 0 Å². The molecule has 2 unspecified atom stereocenters. The lowest BCUT2D eigenvalue weighted by Crippen LogP contribution is -2.62. The van der Waals surface area contributed by atoms with Gasteiger partial charge >= 0.3 is 0 Å². The SMILES string of the molecule is C=C(/C=C\C=C/C)[C@]12CC3CC(C(=O)N4CCC5(CCNCC5)CC4)(C[C@](C)(C3)C1)C2. The van der Waals surface area contributed by atoms with Crippen molar-refractivity contribution in [2.45, 2.75) is 78.1 Å². The number of piperidine rings is 2. The van der Waals surface area contributed by atoms with Gasteiger partial charge in [0.2, 0.25) is 5.91 Å². The predicted octanol–water partition coefficient (Wildman–Crippen LogP) is 5.64. The number of allylic oxidation sites excluding steroid dienone is 5. The Morgan fingerprint density at radius 3 is 2.32 bits per heavy atom. The summed E-state index contributed by atoms with van der Waals surface area (Å²) < 4.78 is 0. The van der Waals surface area contributed by atoms with Gasteiger partial charge in [-0.05, 0) is 112 Å². The molecule has 0 aromatic carbocycles. The summed E-state index contributed by atoms with van der Waals surface area (Å²) in [6, 6.07) is 0. The van der Waals surface area contributed by atoms with Crippen LogP contribution < -0.4 is 5.32 Å². The van der Waals surface area contributed by atoms with Gasteiger partial charge in [0, 0.05) is 13.1 Å². The Morgan fingerprint density at radius 2 is 1.65 bits per heavy atom. The Labute approximate surface area is 189 Å². The van der Waals surface area contributed by atoms with Crippen LogP contribution >= 0.6 is 0 Å². The van der Waals surface area contributed by atoms with E-state index in [1.807, 2.05) is 0 Å². The number of hydrogen-bond donors (Lipinski definition) is 1. The summed E-state index contributed by atoms with van der Waals surface area (Å²) in [5.74, 6) is 1.19. The van der Waals surface area contributed by atoms with Crippen molar-refractivity contribution in [3.63, 3.8) is 0 Å². The van der Waals surface area contributed by atoms with E-state index >= 15 is 0 Å². The minimum atomic E-state index is -0.135. The van der Waals surface area contributed by atoms with Crippen LogP contribution in [-0.4, -0.2) is 37.0 Å². The smallest absolute Gasteiger partial charge is 0.228 e. The van der Waals surface area contributed by atoms with Crippen molar-refractivity contribution in [1.82, 2.24) is 10.2 Å². The number of amides is 1. The van der Waals surface area contributed by atoms with Gasteiger partial charge in [-0.25, -0.2) is 0 Å². The quantitative estimate of drug-likeness (QED) is 0.594. The van der Waals surface area contributed by atoms with Crippen molar-refractivity contribution in [3.8, 4) is 0 Å². The normalized spacial score (nSPS) is 41.5. The number of nitrogens with zero attached hydrogens (tertiary/aromatic N) is 1. The van der Waals surface area contributed by atoms with Gasteiger partial charge in [0.15, 0.2) is 0 Å². The zero-order chi connectivity index (χ0) is 21.7. The standard InChI is InChI=1S/C28H42N2O/c1-4-5-6-7-22(2)27-17-23-16-25(3,19-27)20-28(18-23,21-27)24(31)30-14-10-26(11-15-30)8-12-29-13-9-26/h4-7,23,29H,2,8-21H2,1,3H3/b5-4-,7-6-/t23?,25-,27-,28?/m1/s1. The van der Waals surface area contributed by atoms with Gasteiger partial charge in [0.1, 0.15) is 0 Å². The maximum atomic E-state index is 14.1. The lowest BCUT2D eigenvalue weighted by molar-refractivity contribution is -0.178. The summed E-state index contributed by atoms with van der Waals surface area (Å²) >= 11 is 0. The summed E-state index contributed by atoms with van der Waals surface area (Å²) in [7, 11) is 0. The zero-order valence-corrected chi connectivity index (χ0v) is 19.8. The van der Waals surface area contributed by atoms with Crippen molar-refractivity contribution in [2.24, 2.45) is 27.6 Å². The molecule has 2 heterocycles. The molecule has 3 nitrogen and oxygen atoms in total. The Bertz CT molecular complexity index is 796. The van der Waals surface area contributed by atoms with Crippen LogP contribution in [0.25, 0.3) is 0 Å². The topological polar surface area (TPSA) is 32.3 Å². The van der Waals surface area contributed by atoms with Crippen molar-refractivity contribution in [3.05, 3.63) is 36.5 Å². The molecular formula is C28H42N2O. The molecule has 4 atom stereocenters. The highest BCUT2D eigenvalue weighted by molar-refractivity contribution is 5.84. The van der Waals surface area contributed by atoms with Crippen LogP contribution in [0.15, 0.2) is 36.5 Å². The van der Waals surface area contributed by atoms with Crippen LogP contribution in [0.5, 0.6) is 0 Å². The Kier molecular flexibility index (Phi) is 5.28. The van der Waals surface area contributed by atoms with Crippen LogP contribution in [0.4, 0.5) is 0 Å². The summed E-state index contributed by atoms with van der Waals surface area (Å²) in [4.78, 5) is 16.4. The predicted molar refractivity (Wildman–Crippen MR) is 128 cm³/mol. The molecule has 0 radical (unpaired) electrons. The maximum Gasteiger partial charge on any atom is 0.228 e. The van der Waals surface area contributed by atoms with Crippen LogP contribution in [0.2, 0.25) is 0 Å². The van der Waals surface area contributed by atoms with E-state index in [-0.39, 0.29) is 10.8 Å². The fourth-order valence-electron chi connectivity index (χ4n) is 8.95. The minimum Gasteiger partial charge on any atom is -0.342 e. The fraction of sp³-hybridized carbons (Fsp3) is 0.750. The van der Waals surface area contributed by atoms with Crippen molar-refractivity contribution >= 4 is 5.91 Å². The molecule has 6 fully saturated rings. The van der Waals surface area contributed by atoms with E-state index in [2.05, 4.69) is 54.9 Å².